The molecule has 0 saturated carbocycles. The number of hydrogen-bond acceptors (Lipinski definition) is 2. The normalized spacial score (nSPS) is 15.9. The number of benzene rings is 2. The van der Waals surface area contributed by atoms with Gasteiger partial charge in [0.1, 0.15) is 0 Å². The molecule has 1 aliphatic heterocycles. The average Bonchev–Trinajstić information content (AvgIpc) is 3.06. The smallest absolute Gasteiger partial charge is 0.175 e. The molecule has 4 rings (SSSR count). The number of para-hydroxylation sites is 1. The quantitative estimate of drug-likeness (QED) is 0.585. The third kappa shape index (κ3) is 3.74. The summed E-state index contributed by atoms with van der Waals surface area (Å²) < 4.78 is 0. The molecule has 1 aromatic heterocycles. The topological polar surface area (TPSA) is 43.1 Å². The molecule has 134 valence electrons. The molecule has 4 nitrogen and oxygen atoms in total. The number of rotatable bonds is 3. The van der Waals surface area contributed by atoms with Crippen molar-refractivity contribution in [3.05, 3.63) is 60.3 Å². The number of aromatic amines is 1. The molecule has 2 heterocycles. The van der Waals surface area contributed by atoms with Crippen molar-refractivity contribution in [3.63, 3.8) is 0 Å². The van der Waals surface area contributed by atoms with Crippen LogP contribution in [0.2, 0.25) is 0 Å². The van der Waals surface area contributed by atoms with Crippen LogP contribution in [-0.4, -0.2) is 35.1 Å². The first kappa shape index (κ1) is 17.1. The summed E-state index contributed by atoms with van der Waals surface area (Å²) >= 11 is 5.46. The van der Waals surface area contributed by atoms with E-state index in [1.54, 1.807) is 0 Å². The lowest BCUT2D eigenvalue weighted by molar-refractivity contribution is 0.256. The first-order valence-corrected chi connectivity index (χ1v) is 9.52. The third-order valence-electron chi connectivity index (χ3n) is 5.16. The van der Waals surface area contributed by atoms with Crippen molar-refractivity contribution in [1.29, 1.82) is 0 Å². The van der Waals surface area contributed by atoms with E-state index in [1.807, 2.05) is 30.3 Å². The van der Waals surface area contributed by atoms with Gasteiger partial charge in [-0.2, -0.15) is 0 Å². The molecule has 1 fully saturated rings. The van der Waals surface area contributed by atoms with Gasteiger partial charge in [-0.3, -0.25) is 0 Å². The van der Waals surface area contributed by atoms with Gasteiger partial charge in [0, 0.05) is 28.5 Å². The van der Waals surface area contributed by atoms with Crippen LogP contribution < -0.4 is 10.6 Å². The predicted molar refractivity (Wildman–Crippen MR) is 114 cm³/mol. The minimum atomic E-state index is 0.604. The van der Waals surface area contributed by atoms with Crippen molar-refractivity contribution in [2.75, 3.05) is 30.8 Å². The Morgan fingerprint density at radius 3 is 2.54 bits per heavy atom. The van der Waals surface area contributed by atoms with Crippen LogP contribution in [0.15, 0.2) is 54.7 Å². The second kappa shape index (κ2) is 7.48. The van der Waals surface area contributed by atoms with E-state index in [2.05, 4.69) is 52.0 Å². The minimum absolute atomic E-state index is 0.604. The second-order valence-corrected chi connectivity index (χ2v) is 7.44. The van der Waals surface area contributed by atoms with Gasteiger partial charge in [0.05, 0.1) is 0 Å². The fourth-order valence-electron chi connectivity index (χ4n) is 3.69. The van der Waals surface area contributed by atoms with Gasteiger partial charge in [0.25, 0.3) is 0 Å². The van der Waals surface area contributed by atoms with Crippen LogP contribution in [-0.2, 0) is 0 Å². The fraction of sp³-hybridized carbons (Fsp3) is 0.286. The van der Waals surface area contributed by atoms with Crippen molar-refractivity contribution in [2.45, 2.75) is 18.8 Å². The van der Waals surface area contributed by atoms with Crippen LogP contribution in [0.5, 0.6) is 0 Å². The number of aromatic nitrogens is 1. The minimum Gasteiger partial charge on any atom is -0.361 e. The van der Waals surface area contributed by atoms with Crippen molar-refractivity contribution in [3.8, 4) is 0 Å². The molecular weight excluding hydrogens is 340 g/mol. The van der Waals surface area contributed by atoms with Crippen LogP contribution in [0.1, 0.15) is 24.3 Å². The summed E-state index contributed by atoms with van der Waals surface area (Å²) in [7, 11) is 2.20. The predicted octanol–water partition coefficient (Wildman–Crippen LogP) is 4.79. The van der Waals surface area contributed by atoms with Crippen LogP contribution in [0.3, 0.4) is 0 Å². The Labute approximate surface area is 159 Å². The Morgan fingerprint density at radius 2 is 1.77 bits per heavy atom. The van der Waals surface area contributed by atoms with E-state index in [0.29, 0.717) is 11.0 Å². The third-order valence-corrected chi connectivity index (χ3v) is 5.37. The summed E-state index contributed by atoms with van der Waals surface area (Å²) in [6.45, 7) is 2.33. The van der Waals surface area contributed by atoms with Crippen molar-refractivity contribution in [2.24, 2.45) is 0 Å². The highest BCUT2D eigenvalue weighted by Crippen LogP contribution is 2.34. The van der Waals surface area contributed by atoms with E-state index >= 15 is 0 Å². The number of nitrogens with zero attached hydrogens (tertiary/aromatic N) is 1. The number of fused-ring (bicyclic) bond motifs is 1. The van der Waals surface area contributed by atoms with Gasteiger partial charge in [-0.15, -0.1) is 0 Å². The number of anilines is 2. The van der Waals surface area contributed by atoms with Gasteiger partial charge in [0.2, 0.25) is 0 Å². The van der Waals surface area contributed by atoms with Crippen LogP contribution in [0.25, 0.3) is 10.9 Å². The van der Waals surface area contributed by atoms with E-state index in [1.165, 1.54) is 42.4 Å². The molecule has 3 N–H and O–H groups in total. The fourth-order valence-corrected chi connectivity index (χ4v) is 3.93. The molecule has 2 aromatic carbocycles. The van der Waals surface area contributed by atoms with Crippen LogP contribution in [0, 0.1) is 0 Å². The maximum absolute atomic E-state index is 5.46. The largest absolute Gasteiger partial charge is 0.361 e. The standard InChI is InChI=1S/C21H24N4S/c1-25-11-9-15(10-12-25)19-14-22-20-8-7-17(13-18(19)20)24-21(26)23-16-5-3-2-4-6-16/h2-8,13-15,22H,9-12H2,1H3,(H2,23,24,26). The zero-order valence-corrected chi connectivity index (χ0v) is 15.8. The summed E-state index contributed by atoms with van der Waals surface area (Å²) in [5.74, 6) is 0.629. The lowest BCUT2D eigenvalue weighted by atomic mass is 9.89. The summed E-state index contributed by atoms with van der Waals surface area (Å²) in [4.78, 5) is 5.84. The van der Waals surface area contributed by atoms with Gasteiger partial charge < -0.3 is 20.5 Å². The molecule has 0 atom stereocenters. The molecule has 0 radical (unpaired) electrons. The molecule has 3 aromatic rings. The lowest BCUT2D eigenvalue weighted by Crippen LogP contribution is -2.29. The first-order valence-electron chi connectivity index (χ1n) is 9.12. The van der Waals surface area contributed by atoms with Gasteiger partial charge in [-0.1, -0.05) is 18.2 Å². The van der Waals surface area contributed by atoms with Gasteiger partial charge >= 0.3 is 0 Å². The van der Waals surface area contributed by atoms with Crippen molar-refractivity contribution in [1.82, 2.24) is 9.88 Å². The van der Waals surface area contributed by atoms with Crippen molar-refractivity contribution < 1.29 is 0 Å². The van der Waals surface area contributed by atoms with Crippen LogP contribution in [0.4, 0.5) is 11.4 Å². The Morgan fingerprint density at radius 1 is 1.04 bits per heavy atom. The average molecular weight is 365 g/mol. The Balaban J connectivity index is 1.51. The zero-order valence-electron chi connectivity index (χ0n) is 15.0. The molecule has 0 aliphatic carbocycles. The molecule has 26 heavy (non-hydrogen) atoms. The molecule has 0 bridgehead atoms. The highest BCUT2D eigenvalue weighted by molar-refractivity contribution is 7.80. The number of H-pyrrole nitrogens is 1. The summed E-state index contributed by atoms with van der Waals surface area (Å²) in [5, 5.41) is 8.43. The molecule has 0 amide bonds. The van der Waals surface area contributed by atoms with Gasteiger partial charge in [-0.25, -0.2) is 0 Å². The maximum Gasteiger partial charge on any atom is 0.175 e. The number of hydrogen-bond donors (Lipinski definition) is 3. The summed E-state index contributed by atoms with van der Waals surface area (Å²) in [5.41, 5.74) is 4.62. The van der Waals surface area contributed by atoms with Crippen molar-refractivity contribution >= 4 is 39.6 Å². The van der Waals surface area contributed by atoms with E-state index in [9.17, 15) is 0 Å². The Kier molecular flexibility index (Phi) is 4.91. The van der Waals surface area contributed by atoms with Crippen LogP contribution >= 0.6 is 12.2 Å². The lowest BCUT2D eigenvalue weighted by Gasteiger charge is -2.28. The number of likely N-dealkylation sites (tertiary alicyclic amines) is 1. The first-order chi connectivity index (χ1) is 12.7. The molecule has 0 unspecified atom stereocenters. The Hall–Kier alpha value is -2.37. The molecule has 0 spiro atoms. The number of nitrogens with one attached hydrogen (secondary N) is 3. The SMILES string of the molecule is CN1CCC(c2c[nH]c3ccc(NC(=S)Nc4ccccc4)cc23)CC1. The van der Waals surface area contributed by atoms with E-state index in [-0.39, 0.29) is 0 Å². The van der Waals surface area contributed by atoms with E-state index in [4.69, 9.17) is 12.2 Å². The highest BCUT2D eigenvalue weighted by Gasteiger charge is 2.21. The molecule has 5 heteroatoms. The van der Waals surface area contributed by atoms with E-state index < -0.39 is 0 Å². The molecular formula is C21H24N4S. The van der Waals surface area contributed by atoms with Gasteiger partial charge in [0.15, 0.2) is 5.11 Å². The second-order valence-electron chi connectivity index (χ2n) is 7.03. The maximum atomic E-state index is 5.46. The summed E-state index contributed by atoms with van der Waals surface area (Å²) in [6, 6.07) is 16.4. The number of thiocarbonyl (C=S) groups is 1. The zero-order chi connectivity index (χ0) is 17.9. The van der Waals surface area contributed by atoms with E-state index in [0.717, 1.165) is 11.4 Å². The van der Waals surface area contributed by atoms with Gasteiger partial charge in [-0.05, 0) is 87.0 Å². The number of piperidine rings is 1. The molecule has 1 saturated heterocycles. The Bertz CT molecular complexity index is 895. The summed E-state index contributed by atoms with van der Waals surface area (Å²) in [6.07, 6.45) is 4.62. The molecule has 1 aliphatic rings. The highest BCUT2D eigenvalue weighted by atomic mass is 32.1. The monoisotopic (exact) mass is 364 g/mol.